The van der Waals surface area contributed by atoms with Gasteiger partial charge < -0.3 is 14.7 Å². The molecule has 1 saturated heterocycles. The third kappa shape index (κ3) is 4.60. The minimum atomic E-state index is -3.83. The molecule has 0 aromatic heterocycles. The number of anilines is 2. The Morgan fingerprint density at radius 3 is 2.33 bits per heavy atom. The fraction of sp³-hybridized carbons (Fsp3) is 0.417. The predicted molar refractivity (Wildman–Crippen MR) is 128 cm³/mol. The Morgan fingerprint density at radius 1 is 1.03 bits per heavy atom. The third-order valence-electron chi connectivity index (χ3n) is 6.43. The zero-order valence-electron chi connectivity index (χ0n) is 19.3. The highest BCUT2D eigenvalue weighted by Crippen LogP contribution is 2.34. The molecule has 1 atom stereocenters. The highest BCUT2D eigenvalue weighted by Gasteiger charge is 2.32. The predicted octanol–water partition coefficient (Wildman–Crippen LogP) is 1.95. The van der Waals surface area contributed by atoms with E-state index in [9.17, 15) is 18.0 Å². The van der Waals surface area contributed by atoms with Gasteiger partial charge in [-0.1, -0.05) is 18.2 Å². The lowest BCUT2D eigenvalue weighted by molar-refractivity contribution is -0.131. The van der Waals surface area contributed by atoms with Gasteiger partial charge in [0.2, 0.25) is 21.8 Å². The second-order valence-electron chi connectivity index (χ2n) is 8.70. The van der Waals surface area contributed by atoms with Gasteiger partial charge in [0.1, 0.15) is 0 Å². The largest absolute Gasteiger partial charge is 0.368 e. The molecule has 2 amide bonds. The monoisotopic (exact) mass is 470 g/mol. The number of benzene rings is 2. The van der Waals surface area contributed by atoms with Gasteiger partial charge in [0.05, 0.1) is 11.4 Å². The van der Waals surface area contributed by atoms with E-state index >= 15 is 0 Å². The number of piperazine rings is 1. The van der Waals surface area contributed by atoms with Crippen molar-refractivity contribution in [3.8, 4) is 0 Å². The number of carbonyl (C=O) groups is 2. The molecule has 0 saturated carbocycles. The van der Waals surface area contributed by atoms with Crippen LogP contribution >= 0.6 is 0 Å². The molecule has 176 valence electrons. The van der Waals surface area contributed by atoms with Crippen LogP contribution in [-0.4, -0.2) is 75.3 Å². The van der Waals surface area contributed by atoms with Crippen LogP contribution in [0.1, 0.15) is 19.4 Å². The lowest BCUT2D eigenvalue weighted by Gasteiger charge is -2.36. The molecular weight excluding hydrogens is 440 g/mol. The van der Waals surface area contributed by atoms with Crippen LogP contribution in [0.4, 0.5) is 11.4 Å². The standard InChI is InChI=1S/C24H30N4O4S/c1-18-15-20-16-22(9-10-23(20)28(18)19(2)29)33(31,32)25(3)17-24(30)27-13-11-26(12-14-27)21-7-5-4-6-8-21/h4-10,16,18H,11-15,17H2,1-3H3/t18-/m0/s1. The van der Waals surface area contributed by atoms with Crippen LogP contribution in [0, 0.1) is 0 Å². The van der Waals surface area contributed by atoms with Gasteiger partial charge in [0.25, 0.3) is 0 Å². The molecule has 2 heterocycles. The summed E-state index contributed by atoms with van der Waals surface area (Å²) in [5, 5.41) is 0. The number of hydrogen-bond acceptors (Lipinski definition) is 5. The van der Waals surface area contributed by atoms with Gasteiger partial charge in [0, 0.05) is 57.6 Å². The molecule has 0 spiro atoms. The maximum Gasteiger partial charge on any atom is 0.243 e. The topological polar surface area (TPSA) is 81.2 Å². The molecule has 0 aliphatic carbocycles. The summed E-state index contributed by atoms with van der Waals surface area (Å²) in [5.74, 6) is -0.266. The van der Waals surface area contributed by atoms with Gasteiger partial charge in [-0.2, -0.15) is 4.31 Å². The lowest BCUT2D eigenvalue weighted by Crippen LogP contribution is -2.51. The van der Waals surface area contributed by atoms with Crippen molar-refractivity contribution in [1.82, 2.24) is 9.21 Å². The number of para-hydroxylation sites is 1. The summed E-state index contributed by atoms with van der Waals surface area (Å²) in [4.78, 5) is 30.5. The van der Waals surface area contributed by atoms with Crippen LogP contribution in [-0.2, 0) is 26.0 Å². The second-order valence-corrected chi connectivity index (χ2v) is 10.7. The molecule has 4 rings (SSSR count). The third-order valence-corrected chi connectivity index (χ3v) is 8.23. The summed E-state index contributed by atoms with van der Waals surface area (Å²) in [5.41, 5.74) is 2.71. The van der Waals surface area contributed by atoms with Crippen molar-refractivity contribution < 1.29 is 18.0 Å². The van der Waals surface area contributed by atoms with E-state index in [1.54, 1.807) is 21.9 Å². The number of carbonyl (C=O) groups excluding carboxylic acids is 2. The summed E-state index contributed by atoms with van der Waals surface area (Å²) in [6.45, 7) is 5.77. The van der Waals surface area contributed by atoms with E-state index < -0.39 is 10.0 Å². The van der Waals surface area contributed by atoms with Crippen LogP contribution in [0.25, 0.3) is 0 Å². The fourth-order valence-electron chi connectivity index (χ4n) is 4.66. The molecule has 9 heteroatoms. The number of hydrogen-bond donors (Lipinski definition) is 0. The maximum atomic E-state index is 13.2. The maximum absolute atomic E-state index is 13.2. The van der Waals surface area contributed by atoms with Gasteiger partial charge in [-0.25, -0.2) is 8.42 Å². The summed E-state index contributed by atoms with van der Waals surface area (Å²) in [6, 6.07) is 14.9. The second kappa shape index (κ2) is 9.15. The number of nitrogens with zero attached hydrogens (tertiary/aromatic N) is 4. The molecule has 1 fully saturated rings. The summed E-state index contributed by atoms with van der Waals surface area (Å²) >= 11 is 0. The first-order valence-corrected chi connectivity index (χ1v) is 12.6. The summed E-state index contributed by atoms with van der Waals surface area (Å²) in [6.07, 6.45) is 0.604. The van der Waals surface area contributed by atoms with Gasteiger partial charge in [0.15, 0.2) is 0 Å². The SMILES string of the molecule is CC(=O)N1c2ccc(S(=O)(=O)N(C)CC(=O)N3CCN(c4ccccc4)CC3)cc2C[C@@H]1C. The van der Waals surface area contributed by atoms with Crippen LogP contribution in [0.3, 0.4) is 0 Å². The fourth-order valence-corrected chi connectivity index (χ4v) is 5.83. The molecule has 0 N–H and O–H groups in total. The number of fused-ring (bicyclic) bond motifs is 1. The molecule has 0 bridgehead atoms. The molecule has 2 aliphatic rings. The minimum Gasteiger partial charge on any atom is -0.368 e. The van der Waals surface area contributed by atoms with Gasteiger partial charge in [-0.15, -0.1) is 0 Å². The van der Waals surface area contributed by atoms with Gasteiger partial charge in [-0.05, 0) is 49.2 Å². The van der Waals surface area contributed by atoms with Crippen molar-refractivity contribution in [3.05, 3.63) is 54.1 Å². The van der Waals surface area contributed by atoms with Gasteiger partial charge >= 0.3 is 0 Å². The van der Waals surface area contributed by atoms with Crippen LogP contribution in [0.15, 0.2) is 53.4 Å². The van der Waals surface area contributed by atoms with E-state index in [-0.39, 0.29) is 29.3 Å². The zero-order valence-corrected chi connectivity index (χ0v) is 20.1. The first kappa shape index (κ1) is 23.3. The van der Waals surface area contributed by atoms with Crippen molar-refractivity contribution in [2.45, 2.75) is 31.2 Å². The Morgan fingerprint density at radius 2 is 1.70 bits per heavy atom. The minimum absolute atomic E-state index is 0.00989. The average Bonchev–Trinajstić information content (AvgIpc) is 3.14. The Balaban J connectivity index is 1.40. The average molecular weight is 471 g/mol. The van der Waals surface area contributed by atoms with Crippen LogP contribution < -0.4 is 9.80 Å². The highest BCUT2D eigenvalue weighted by molar-refractivity contribution is 7.89. The van der Waals surface area contributed by atoms with E-state index in [4.69, 9.17) is 0 Å². The molecule has 2 aromatic carbocycles. The number of amides is 2. The molecular formula is C24H30N4O4S. The molecule has 8 nitrogen and oxygen atoms in total. The summed E-state index contributed by atoms with van der Waals surface area (Å²) in [7, 11) is -2.40. The summed E-state index contributed by atoms with van der Waals surface area (Å²) < 4.78 is 27.4. The Labute approximate surface area is 195 Å². The van der Waals surface area contributed by atoms with Crippen molar-refractivity contribution >= 4 is 33.2 Å². The van der Waals surface area contributed by atoms with E-state index in [0.717, 1.165) is 21.2 Å². The van der Waals surface area contributed by atoms with Crippen molar-refractivity contribution in [1.29, 1.82) is 0 Å². The normalized spacial score (nSPS) is 18.5. The van der Waals surface area contributed by atoms with Crippen molar-refractivity contribution in [3.63, 3.8) is 0 Å². The molecule has 2 aliphatic heterocycles. The number of rotatable bonds is 5. The molecule has 0 radical (unpaired) electrons. The number of sulfonamides is 1. The molecule has 2 aromatic rings. The van der Waals surface area contributed by atoms with Crippen molar-refractivity contribution in [2.75, 3.05) is 49.6 Å². The Bertz CT molecular complexity index is 1140. The highest BCUT2D eigenvalue weighted by atomic mass is 32.2. The van der Waals surface area contributed by atoms with Crippen molar-refractivity contribution in [2.24, 2.45) is 0 Å². The molecule has 0 unspecified atom stereocenters. The smallest absolute Gasteiger partial charge is 0.243 e. The Kier molecular flexibility index (Phi) is 6.45. The van der Waals surface area contributed by atoms with E-state index in [2.05, 4.69) is 4.90 Å². The lowest BCUT2D eigenvalue weighted by atomic mass is 10.1. The van der Waals surface area contributed by atoms with Crippen LogP contribution in [0.5, 0.6) is 0 Å². The first-order chi connectivity index (χ1) is 15.7. The van der Waals surface area contributed by atoms with Gasteiger partial charge in [-0.3, -0.25) is 9.59 Å². The quantitative estimate of drug-likeness (QED) is 0.667. The Hall–Kier alpha value is -2.91. The van der Waals surface area contributed by atoms with E-state index in [1.165, 1.54) is 20.0 Å². The molecule has 33 heavy (non-hydrogen) atoms. The van der Waals surface area contributed by atoms with E-state index in [0.29, 0.717) is 32.6 Å². The van der Waals surface area contributed by atoms with Crippen LogP contribution in [0.2, 0.25) is 0 Å². The zero-order chi connectivity index (χ0) is 23.8. The van der Waals surface area contributed by atoms with E-state index in [1.807, 2.05) is 37.3 Å². The number of likely N-dealkylation sites (N-methyl/N-ethyl adjacent to an activating group) is 1. The first-order valence-electron chi connectivity index (χ1n) is 11.2.